The maximum absolute atomic E-state index is 13.6. The van der Waals surface area contributed by atoms with E-state index in [-0.39, 0.29) is 119 Å². The van der Waals surface area contributed by atoms with Crippen molar-refractivity contribution in [3.63, 3.8) is 0 Å². The van der Waals surface area contributed by atoms with Crippen molar-refractivity contribution in [3.8, 4) is 91.5 Å². The SMILES string of the molecule is COCCOCCOCCOc1cc2c(cc1OCCOCCOCCOC)-c1nc-2nc2[nH]c(nc3nc(nc4[nH]c(n1)c1cc(OCCOCCOCCOC)c(OCCOCCOCCOC)cc41)-c1cc(OCCOCCOCCOC)c(OCCOCCOCCOC)cc1-3)c1cc(Oc3ccc(C(=O)NC(CCCCN)C(N)=O)cc3)ccc21. The molecule has 5 heterocycles. The summed E-state index contributed by atoms with van der Waals surface area (Å²) in [5, 5.41) is 4.93. The van der Waals surface area contributed by atoms with E-state index >= 15 is 0 Å². The lowest BCUT2D eigenvalue weighted by atomic mass is 10.1. The first-order valence-electron chi connectivity index (χ1n) is 41.8. The van der Waals surface area contributed by atoms with E-state index in [1.54, 1.807) is 85.1 Å². The highest BCUT2D eigenvalue weighted by Crippen LogP contribution is 2.46. The Morgan fingerprint density at radius 3 is 0.864 bits per heavy atom. The van der Waals surface area contributed by atoms with Gasteiger partial charge in [0.2, 0.25) is 5.91 Å². The van der Waals surface area contributed by atoms with Crippen LogP contribution in [0.5, 0.6) is 46.0 Å². The average Bonchev–Trinajstić information content (AvgIpc) is 1.59. The van der Waals surface area contributed by atoms with Gasteiger partial charge in [-0.1, -0.05) is 0 Å². The summed E-state index contributed by atoms with van der Waals surface area (Å²) in [5.74, 6) is 2.46. The molecule has 0 radical (unpaired) electrons. The Balaban J connectivity index is 1.16. The molecule has 1 unspecified atom stereocenters. The van der Waals surface area contributed by atoms with Crippen molar-refractivity contribution in [2.45, 2.75) is 25.3 Å². The molecule has 0 saturated heterocycles. The second-order valence-electron chi connectivity index (χ2n) is 27.6. The van der Waals surface area contributed by atoms with E-state index in [0.29, 0.717) is 285 Å². The Hall–Kier alpha value is -9.76. The maximum atomic E-state index is 13.6. The van der Waals surface area contributed by atoms with Gasteiger partial charge in [0.1, 0.15) is 79.8 Å². The number of hydrogen-bond acceptors (Lipinski definition) is 34. The molecule has 125 heavy (non-hydrogen) atoms. The number of nitrogens with zero attached hydrogens (tertiary/aromatic N) is 6. The Bertz CT molecular complexity index is 4700. The van der Waals surface area contributed by atoms with Gasteiger partial charge in [0.15, 0.2) is 57.8 Å². The summed E-state index contributed by atoms with van der Waals surface area (Å²) in [4.78, 5) is 65.5. The van der Waals surface area contributed by atoms with Gasteiger partial charge in [-0.2, -0.15) is 0 Å². The van der Waals surface area contributed by atoms with Crippen molar-refractivity contribution >= 4 is 55.9 Å². The van der Waals surface area contributed by atoms with Crippen LogP contribution in [0.3, 0.4) is 0 Å². The smallest absolute Gasteiger partial charge is 0.251 e. The van der Waals surface area contributed by atoms with Gasteiger partial charge in [-0.3, -0.25) is 9.59 Å². The molecule has 7 N–H and O–H groups in total. The largest absolute Gasteiger partial charge is 0.487 e. The van der Waals surface area contributed by atoms with Crippen molar-refractivity contribution in [3.05, 3.63) is 84.4 Å². The molecule has 0 aliphatic carbocycles. The second-order valence-corrected chi connectivity index (χ2v) is 27.6. The minimum Gasteiger partial charge on any atom is -0.487 e. The molecule has 8 aromatic rings. The number of aromatic amines is 2. The first-order valence-corrected chi connectivity index (χ1v) is 41.8. The van der Waals surface area contributed by atoms with Crippen molar-refractivity contribution in [1.29, 1.82) is 0 Å². The number of amides is 2. The van der Waals surface area contributed by atoms with Gasteiger partial charge in [-0.15, -0.1) is 0 Å². The van der Waals surface area contributed by atoms with Gasteiger partial charge in [0.25, 0.3) is 5.91 Å². The molecule has 8 bridgehead atoms. The van der Waals surface area contributed by atoms with Crippen molar-refractivity contribution in [1.82, 2.24) is 45.2 Å². The molecule has 1 atom stereocenters. The van der Waals surface area contributed by atoms with Gasteiger partial charge < -0.3 is 145 Å². The number of methoxy groups -OCH3 is 6. The van der Waals surface area contributed by atoms with Gasteiger partial charge in [0.05, 0.1) is 198 Å². The Morgan fingerprint density at radius 1 is 0.312 bits per heavy atom. The first kappa shape index (κ1) is 97.4. The number of H-pyrrole nitrogens is 2. The lowest BCUT2D eigenvalue weighted by Crippen LogP contribution is -2.44. The van der Waals surface area contributed by atoms with Crippen molar-refractivity contribution < 1.29 is 128 Å². The van der Waals surface area contributed by atoms with E-state index in [1.165, 1.54) is 0 Å². The van der Waals surface area contributed by atoms with Crippen LogP contribution in [-0.2, 0) is 90.1 Å². The van der Waals surface area contributed by atoms with Crippen LogP contribution in [0.25, 0.3) is 89.7 Å². The number of primary amides is 1. The van der Waals surface area contributed by atoms with Crippen LogP contribution in [0.2, 0.25) is 0 Å². The fourth-order valence-corrected chi connectivity index (χ4v) is 12.4. The summed E-state index contributed by atoms with van der Waals surface area (Å²) in [6.07, 6.45) is 1.62. The molecule has 38 nitrogen and oxygen atoms in total. The predicted molar refractivity (Wildman–Crippen MR) is 460 cm³/mol. The summed E-state index contributed by atoms with van der Waals surface area (Å²) in [6.45, 7) is 11.4. The lowest BCUT2D eigenvalue weighted by Gasteiger charge is -2.15. The number of aromatic nitrogens is 8. The summed E-state index contributed by atoms with van der Waals surface area (Å²) in [5.41, 5.74) is 14.9. The van der Waals surface area contributed by atoms with Gasteiger partial charge in [0, 0.05) is 92.0 Å². The monoisotopic (exact) mass is 1750 g/mol. The van der Waals surface area contributed by atoms with E-state index in [9.17, 15) is 9.59 Å². The van der Waals surface area contributed by atoms with E-state index in [2.05, 4.69) is 15.3 Å². The number of nitrogens with two attached hydrogens (primary N) is 2. The molecular formula is C87H119N11O27. The third-order valence-corrected chi connectivity index (χ3v) is 18.7. The minimum atomic E-state index is -0.887. The standard InChI is InChI=1S/C87H119N11O27/c1-101-17-23-107-29-35-113-41-47-119-72-54-65-66(55-73(72)120-48-42-114-36-30-108-24-18-102-2)83-94-81(65)92-79-63-15-14-62(125-61-12-10-60(11-13-61)87(100)90-71(78(89)99)9-7-8-16-88)53-64(63)80(91-79)93-82-67-56-74(121-49-43-115-37-31-109-25-19-103-3)75(122-50-44-116-38-32-110-26-20-104-4)57-68(67)84(95-82)97-86-70-59-77(124-52-46-118-40-34-112-28-22-106-6)76(58-69(70)85(96-83)98-86)123-51-45-117-39-33-111-27-21-105-5/h10-15,53-59,71H,7-9,16-52,88H2,1-6H3,(H2,89,99)(H,90,100)(H2,91,92,93,94,95,96,97,98). The highest BCUT2D eigenvalue weighted by atomic mass is 16.6. The molecule has 10 rings (SSSR count). The molecule has 684 valence electrons. The number of unbranched alkanes of at least 4 members (excludes halogenated alkanes) is 1. The lowest BCUT2D eigenvalue weighted by molar-refractivity contribution is -0.120. The zero-order valence-electron chi connectivity index (χ0n) is 72.2. The first-order chi connectivity index (χ1) is 61.5. The maximum Gasteiger partial charge on any atom is 0.251 e. The van der Waals surface area contributed by atoms with Gasteiger partial charge in [-0.05, 0) is 105 Å². The number of ether oxygens (including phenoxy) is 25. The Morgan fingerprint density at radius 2 is 0.576 bits per heavy atom. The predicted octanol–water partition coefficient (Wildman–Crippen LogP) is 7.72. The Kier molecular flexibility index (Phi) is 43.9. The number of fused-ring (bicyclic) bond motifs is 20. The quantitative estimate of drug-likeness (QED) is 0.0228. The highest BCUT2D eigenvalue weighted by molar-refractivity contribution is 6.08. The van der Waals surface area contributed by atoms with Crippen LogP contribution < -0.4 is 49.9 Å². The minimum absolute atomic E-state index is 0.0998. The number of hydrogen-bond donors (Lipinski definition) is 5. The molecule has 3 aromatic heterocycles. The Labute approximate surface area is 725 Å². The van der Waals surface area contributed by atoms with Crippen LogP contribution in [0.1, 0.15) is 29.6 Å². The van der Waals surface area contributed by atoms with Crippen LogP contribution in [-0.4, -0.2) is 345 Å². The molecule has 5 aromatic carbocycles. The molecule has 38 heteroatoms. The van der Waals surface area contributed by atoms with E-state index < -0.39 is 17.9 Å². The zero-order valence-corrected chi connectivity index (χ0v) is 72.2. The fourth-order valence-electron chi connectivity index (χ4n) is 12.4. The number of rotatable bonds is 69. The van der Waals surface area contributed by atoms with Crippen LogP contribution >= 0.6 is 0 Å². The zero-order chi connectivity index (χ0) is 87.7. The highest BCUT2D eigenvalue weighted by Gasteiger charge is 2.29. The number of nitrogens with one attached hydrogen (secondary N) is 3. The van der Waals surface area contributed by atoms with E-state index in [0.717, 1.165) is 0 Å². The van der Waals surface area contributed by atoms with E-state index in [4.69, 9.17) is 160 Å². The topological polar surface area (TPSA) is 438 Å². The summed E-state index contributed by atoms with van der Waals surface area (Å²) in [6, 6.07) is 21.9. The molecular weight excluding hydrogens is 1630 g/mol. The number of benzene rings is 5. The van der Waals surface area contributed by atoms with Crippen LogP contribution in [0.15, 0.2) is 78.9 Å². The molecule has 2 aliphatic heterocycles. The molecule has 2 aliphatic rings. The van der Waals surface area contributed by atoms with Gasteiger partial charge >= 0.3 is 0 Å². The normalized spacial score (nSPS) is 12.0. The third kappa shape index (κ3) is 31.9. The summed E-state index contributed by atoms with van der Waals surface area (Å²) in [7, 11) is 9.68. The second kappa shape index (κ2) is 56.3. The van der Waals surface area contributed by atoms with E-state index in [1.807, 2.05) is 36.4 Å². The summed E-state index contributed by atoms with van der Waals surface area (Å²) >= 11 is 0. The average molecular weight is 1750 g/mol. The van der Waals surface area contributed by atoms with Crippen LogP contribution in [0, 0.1) is 0 Å². The summed E-state index contributed by atoms with van der Waals surface area (Å²) < 4.78 is 147. The third-order valence-electron chi connectivity index (χ3n) is 18.7. The number of carbonyl (C=O) groups is 2. The number of carbonyl (C=O) groups excluding carboxylic acids is 2. The molecule has 2 amide bonds. The molecule has 0 spiro atoms. The van der Waals surface area contributed by atoms with Crippen LogP contribution in [0.4, 0.5) is 0 Å². The van der Waals surface area contributed by atoms with Crippen molar-refractivity contribution in [2.75, 3.05) is 287 Å². The molecule has 0 saturated carbocycles. The van der Waals surface area contributed by atoms with Crippen molar-refractivity contribution in [2.24, 2.45) is 11.5 Å². The fraction of sp³-hybridized carbons (Fsp3) is 0.540. The molecule has 0 fully saturated rings. The van der Waals surface area contributed by atoms with Gasteiger partial charge in [-0.25, -0.2) is 29.9 Å².